The van der Waals surface area contributed by atoms with Crippen LogP contribution >= 0.6 is 0 Å². The highest BCUT2D eigenvalue weighted by atomic mass is 16.2. The normalized spacial score (nSPS) is 9.54. The number of aliphatic hydroxyl groups excluding tert-OH is 1. The Balaban J connectivity index is 0.000000396. The van der Waals surface area contributed by atoms with Gasteiger partial charge in [-0.2, -0.15) is 0 Å². The number of rotatable bonds is 0. The van der Waals surface area contributed by atoms with Crippen molar-refractivity contribution in [3.63, 3.8) is 0 Å². The lowest BCUT2D eigenvalue weighted by Gasteiger charge is -1.88. The fourth-order valence-corrected chi connectivity index (χ4v) is 1.55. The first kappa shape index (κ1) is 9.81. The van der Waals surface area contributed by atoms with Crippen molar-refractivity contribution in [1.29, 1.82) is 0 Å². The molecule has 0 amide bonds. The minimum Gasteiger partial charge on any atom is -0.400 e. The number of aromatic amines is 1. The van der Waals surface area contributed by atoms with Crippen molar-refractivity contribution in [2.45, 2.75) is 13.8 Å². The standard InChI is InChI=1S/C10H11N.CH4O/c1-7-9-5-3-4-6-10(9)8(2)11-7;1-2/h3-6,11H,1-2H3;2H,1H3. The van der Waals surface area contributed by atoms with Crippen molar-refractivity contribution in [1.82, 2.24) is 4.98 Å². The summed E-state index contributed by atoms with van der Waals surface area (Å²) >= 11 is 0. The molecular formula is C11H15NO. The highest BCUT2D eigenvalue weighted by molar-refractivity contribution is 5.87. The molecule has 2 heteroatoms. The highest BCUT2D eigenvalue weighted by Crippen LogP contribution is 2.20. The smallest absolute Gasteiger partial charge is 0.0319 e. The fourth-order valence-electron chi connectivity index (χ4n) is 1.55. The average Bonchev–Trinajstić information content (AvgIpc) is 2.47. The Labute approximate surface area is 78.2 Å². The van der Waals surface area contributed by atoms with Crippen LogP contribution in [-0.4, -0.2) is 17.2 Å². The summed E-state index contributed by atoms with van der Waals surface area (Å²) in [7, 11) is 1.00. The van der Waals surface area contributed by atoms with E-state index in [-0.39, 0.29) is 0 Å². The van der Waals surface area contributed by atoms with E-state index in [2.05, 4.69) is 43.1 Å². The molecule has 0 spiro atoms. The molecule has 0 aliphatic carbocycles. The van der Waals surface area contributed by atoms with Crippen molar-refractivity contribution < 1.29 is 5.11 Å². The van der Waals surface area contributed by atoms with Gasteiger partial charge < -0.3 is 10.1 Å². The molecule has 0 radical (unpaired) electrons. The maximum absolute atomic E-state index is 7.00. The third-order valence-corrected chi connectivity index (χ3v) is 2.11. The highest BCUT2D eigenvalue weighted by Gasteiger charge is 2.00. The second-order valence-corrected chi connectivity index (χ2v) is 2.92. The molecule has 70 valence electrons. The summed E-state index contributed by atoms with van der Waals surface area (Å²) in [4.78, 5) is 3.32. The van der Waals surface area contributed by atoms with E-state index < -0.39 is 0 Å². The predicted molar refractivity (Wildman–Crippen MR) is 55.9 cm³/mol. The van der Waals surface area contributed by atoms with Crippen LogP contribution in [0.3, 0.4) is 0 Å². The van der Waals surface area contributed by atoms with Crippen LogP contribution in [0.5, 0.6) is 0 Å². The largest absolute Gasteiger partial charge is 0.400 e. The van der Waals surface area contributed by atoms with Gasteiger partial charge in [0.05, 0.1) is 0 Å². The summed E-state index contributed by atoms with van der Waals surface area (Å²) in [5.41, 5.74) is 2.52. The van der Waals surface area contributed by atoms with Gasteiger partial charge in [0.15, 0.2) is 0 Å². The molecule has 0 bridgehead atoms. The third kappa shape index (κ3) is 1.73. The first-order chi connectivity index (χ1) is 6.29. The van der Waals surface area contributed by atoms with Crippen LogP contribution in [0.4, 0.5) is 0 Å². The van der Waals surface area contributed by atoms with Gasteiger partial charge >= 0.3 is 0 Å². The summed E-state index contributed by atoms with van der Waals surface area (Å²) in [5, 5.41) is 9.68. The Kier molecular flexibility index (Phi) is 3.09. The Morgan fingerprint density at radius 2 is 1.31 bits per heavy atom. The number of aliphatic hydroxyl groups is 1. The van der Waals surface area contributed by atoms with E-state index in [1.165, 1.54) is 22.2 Å². The molecular weight excluding hydrogens is 162 g/mol. The molecule has 1 aromatic heterocycles. The molecule has 13 heavy (non-hydrogen) atoms. The molecule has 2 N–H and O–H groups in total. The van der Waals surface area contributed by atoms with Crippen LogP contribution in [0, 0.1) is 13.8 Å². The van der Waals surface area contributed by atoms with Gasteiger partial charge in [-0.05, 0) is 13.8 Å². The zero-order chi connectivity index (χ0) is 9.84. The Hall–Kier alpha value is -1.28. The number of hydrogen-bond donors (Lipinski definition) is 2. The molecule has 0 atom stereocenters. The van der Waals surface area contributed by atoms with E-state index in [1.54, 1.807) is 0 Å². The second-order valence-electron chi connectivity index (χ2n) is 2.92. The summed E-state index contributed by atoms with van der Waals surface area (Å²) in [6.07, 6.45) is 0. The quantitative estimate of drug-likeness (QED) is 0.637. The van der Waals surface area contributed by atoms with Gasteiger partial charge in [-0.3, -0.25) is 0 Å². The molecule has 0 aliphatic heterocycles. The Bertz CT molecular complexity index is 354. The molecule has 2 nitrogen and oxygen atoms in total. The van der Waals surface area contributed by atoms with Crippen LogP contribution in [0.2, 0.25) is 0 Å². The van der Waals surface area contributed by atoms with Crippen molar-refractivity contribution >= 4 is 10.8 Å². The summed E-state index contributed by atoms with van der Waals surface area (Å²) in [6, 6.07) is 8.44. The minimum atomic E-state index is 1.00. The maximum atomic E-state index is 7.00. The van der Waals surface area contributed by atoms with Gasteiger partial charge in [0.2, 0.25) is 0 Å². The number of fused-ring (bicyclic) bond motifs is 1. The zero-order valence-corrected chi connectivity index (χ0v) is 8.26. The number of hydrogen-bond acceptors (Lipinski definition) is 1. The van der Waals surface area contributed by atoms with E-state index in [4.69, 9.17) is 5.11 Å². The SMILES string of the molecule is CO.Cc1[nH]c(C)c2ccccc12. The van der Waals surface area contributed by atoms with Crippen molar-refractivity contribution in [3.8, 4) is 0 Å². The van der Waals surface area contributed by atoms with E-state index in [1.807, 2.05) is 0 Å². The third-order valence-electron chi connectivity index (χ3n) is 2.11. The molecule has 0 unspecified atom stereocenters. The molecule has 0 saturated carbocycles. The lowest BCUT2D eigenvalue weighted by molar-refractivity contribution is 0.399. The first-order valence-electron chi connectivity index (χ1n) is 4.27. The van der Waals surface area contributed by atoms with Gasteiger partial charge in [-0.25, -0.2) is 0 Å². The van der Waals surface area contributed by atoms with E-state index in [0.29, 0.717) is 0 Å². The van der Waals surface area contributed by atoms with Crippen molar-refractivity contribution in [3.05, 3.63) is 35.7 Å². The van der Waals surface area contributed by atoms with Crippen LogP contribution in [0.1, 0.15) is 11.4 Å². The Morgan fingerprint density at radius 1 is 0.923 bits per heavy atom. The van der Waals surface area contributed by atoms with Gasteiger partial charge in [-0.1, -0.05) is 24.3 Å². The maximum Gasteiger partial charge on any atom is 0.0319 e. The van der Waals surface area contributed by atoms with Crippen molar-refractivity contribution in [2.75, 3.05) is 7.11 Å². The number of nitrogens with one attached hydrogen (secondary N) is 1. The van der Waals surface area contributed by atoms with Gasteiger partial charge in [0.25, 0.3) is 0 Å². The van der Waals surface area contributed by atoms with Crippen molar-refractivity contribution in [2.24, 2.45) is 0 Å². The lowest BCUT2D eigenvalue weighted by Crippen LogP contribution is -1.69. The van der Waals surface area contributed by atoms with Gasteiger partial charge in [0.1, 0.15) is 0 Å². The monoisotopic (exact) mass is 177 g/mol. The van der Waals surface area contributed by atoms with Crippen LogP contribution in [0.25, 0.3) is 10.8 Å². The Morgan fingerprint density at radius 3 is 1.69 bits per heavy atom. The second kappa shape index (κ2) is 4.10. The number of aromatic nitrogens is 1. The topological polar surface area (TPSA) is 36.0 Å². The summed E-state index contributed by atoms with van der Waals surface area (Å²) in [6.45, 7) is 4.21. The minimum absolute atomic E-state index is 1.00. The molecule has 0 aliphatic rings. The van der Waals surface area contributed by atoms with Gasteiger partial charge in [-0.15, -0.1) is 0 Å². The van der Waals surface area contributed by atoms with Crippen LogP contribution in [-0.2, 0) is 0 Å². The van der Waals surface area contributed by atoms with Crippen LogP contribution in [0.15, 0.2) is 24.3 Å². The first-order valence-corrected chi connectivity index (χ1v) is 4.27. The zero-order valence-electron chi connectivity index (χ0n) is 8.26. The fraction of sp³-hybridized carbons (Fsp3) is 0.273. The lowest BCUT2D eigenvalue weighted by atomic mass is 10.1. The molecule has 0 fully saturated rings. The molecule has 0 saturated heterocycles. The average molecular weight is 177 g/mol. The molecule has 1 heterocycles. The van der Waals surface area contributed by atoms with Gasteiger partial charge in [0, 0.05) is 29.3 Å². The summed E-state index contributed by atoms with van der Waals surface area (Å²) in [5.74, 6) is 0. The van der Waals surface area contributed by atoms with Crippen LogP contribution < -0.4 is 0 Å². The molecule has 2 aromatic rings. The molecule has 2 rings (SSSR count). The summed E-state index contributed by atoms with van der Waals surface area (Å²) < 4.78 is 0. The predicted octanol–water partition coefficient (Wildman–Crippen LogP) is 2.39. The number of benzene rings is 1. The van der Waals surface area contributed by atoms with E-state index in [9.17, 15) is 0 Å². The number of aryl methyl sites for hydroxylation is 2. The van der Waals surface area contributed by atoms with E-state index in [0.717, 1.165) is 7.11 Å². The number of H-pyrrole nitrogens is 1. The van der Waals surface area contributed by atoms with E-state index >= 15 is 0 Å². The molecule has 1 aromatic carbocycles.